The van der Waals surface area contributed by atoms with E-state index in [1.165, 1.54) is 17.7 Å². The number of ether oxygens (including phenoxy) is 1. The number of anilines is 1. The number of rotatable bonds is 5. The summed E-state index contributed by atoms with van der Waals surface area (Å²) in [5, 5.41) is 8.87. The molecular formula is C18H19NO3. The molecule has 1 aliphatic heterocycles. The molecule has 0 aromatic heterocycles. The third kappa shape index (κ3) is 3.22. The molecule has 4 nitrogen and oxygen atoms in total. The maximum atomic E-state index is 10.8. The zero-order chi connectivity index (χ0) is 15.4. The number of para-hydroxylation sites is 1. The molecule has 0 saturated heterocycles. The van der Waals surface area contributed by atoms with Crippen LogP contribution in [0.25, 0.3) is 0 Å². The van der Waals surface area contributed by atoms with Crippen LogP contribution in [0, 0.1) is 0 Å². The van der Waals surface area contributed by atoms with E-state index in [2.05, 4.69) is 29.2 Å². The van der Waals surface area contributed by atoms with Gasteiger partial charge in [-0.1, -0.05) is 18.2 Å². The maximum absolute atomic E-state index is 10.8. The first-order valence-corrected chi connectivity index (χ1v) is 7.53. The molecule has 22 heavy (non-hydrogen) atoms. The lowest BCUT2D eigenvalue weighted by Gasteiger charge is -2.31. The number of hydrogen-bond acceptors (Lipinski definition) is 3. The fraction of sp³-hybridized carbons (Fsp3) is 0.278. The van der Waals surface area contributed by atoms with Crippen LogP contribution in [0.4, 0.5) is 5.69 Å². The molecule has 1 N–H and O–H groups in total. The number of fused-ring (bicyclic) bond motifs is 1. The number of hydrogen-bond donors (Lipinski definition) is 1. The molecule has 0 spiro atoms. The molecule has 2 aromatic carbocycles. The molecule has 1 heterocycles. The molecule has 3 rings (SSSR count). The Morgan fingerprint density at radius 1 is 1.14 bits per heavy atom. The van der Waals surface area contributed by atoms with Crippen LogP contribution in [0.1, 0.15) is 22.3 Å². The second-order valence-corrected chi connectivity index (χ2v) is 5.40. The molecule has 0 bridgehead atoms. The van der Waals surface area contributed by atoms with E-state index in [0.717, 1.165) is 19.5 Å². The molecular weight excluding hydrogens is 278 g/mol. The SMILES string of the molecule is O=C(O)c1ccc(OCCN2CCCc3ccccc32)cc1. The Labute approximate surface area is 130 Å². The average molecular weight is 297 g/mol. The van der Waals surface area contributed by atoms with Gasteiger partial charge in [0.15, 0.2) is 0 Å². The zero-order valence-corrected chi connectivity index (χ0v) is 12.4. The van der Waals surface area contributed by atoms with Gasteiger partial charge in [-0.3, -0.25) is 0 Å². The molecule has 0 saturated carbocycles. The summed E-state index contributed by atoms with van der Waals surface area (Å²) in [5.74, 6) is -0.216. The first-order valence-electron chi connectivity index (χ1n) is 7.53. The number of nitrogens with zero attached hydrogens (tertiary/aromatic N) is 1. The second-order valence-electron chi connectivity index (χ2n) is 5.40. The largest absolute Gasteiger partial charge is 0.492 e. The number of aryl methyl sites for hydroxylation is 1. The van der Waals surface area contributed by atoms with Crippen molar-refractivity contribution in [1.29, 1.82) is 0 Å². The van der Waals surface area contributed by atoms with Gasteiger partial charge in [0.05, 0.1) is 12.1 Å². The van der Waals surface area contributed by atoms with Crippen molar-refractivity contribution < 1.29 is 14.6 Å². The molecule has 0 unspecified atom stereocenters. The van der Waals surface area contributed by atoms with E-state index in [4.69, 9.17) is 9.84 Å². The van der Waals surface area contributed by atoms with Crippen molar-refractivity contribution in [3.63, 3.8) is 0 Å². The van der Waals surface area contributed by atoms with Gasteiger partial charge in [0.2, 0.25) is 0 Å². The van der Waals surface area contributed by atoms with Crippen LogP contribution in [0.5, 0.6) is 5.75 Å². The lowest BCUT2D eigenvalue weighted by atomic mass is 10.0. The van der Waals surface area contributed by atoms with Crippen LogP contribution < -0.4 is 9.64 Å². The van der Waals surface area contributed by atoms with Crippen molar-refractivity contribution in [2.75, 3.05) is 24.6 Å². The van der Waals surface area contributed by atoms with E-state index in [1.54, 1.807) is 24.3 Å². The number of carboxylic acid groups (broad SMARTS) is 1. The Morgan fingerprint density at radius 2 is 1.91 bits per heavy atom. The first kappa shape index (κ1) is 14.4. The molecule has 1 aliphatic rings. The summed E-state index contributed by atoms with van der Waals surface area (Å²) >= 11 is 0. The van der Waals surface area contributed by atoms with Gasteiger partial charge in [-0.15, -0.1) is 0 Å². The van der Waals surface area contributed by atoms with E-state index in [0.29, 0.717) is 12.4 Å². The van der Waals surface area contributed by atoms with Crippen molar-refractivity contribution >= 4 is 11.7 Å². The van der Waals surface area contributed by atoms with Crippen LogP contribution in [0.2, 0.25) is 0 Å². The average Bonchev–Trinajstić information content (AvgIpc) is 2.55. The van der Waals surface area contributed by atoms with E-state index in [-0.39, 0.29) is 5.56 Å². The van der Waals surface area contributed by atoms with Crippen molar-refractivity contribution in [3.05, 3.63) is 59.7 Å². The fourth-order valence-electron chi connectivity index (χ4n) is 2.81. The zero-order valence-electron chi connectivity index (χ0n) is 12.4. The van der Waals surface area contributed by atoms with Crippen LogP contribution in [-0.4, -0.2) is 30.8 Å². The van der Waals surface area contributed by atoms with Crippen LogP contribution in [0.3, 0.4) is 0 Å². The minimum atomic E-state index is -0.920. The first-order chi connectivity index (χ1) is 10.7. The fourth-order valence-corrected chi connectivity index (χ4v) is 2.81. The summed E-state index contributed by atoms with van der Waals surface area (Å²) in [6.45, 7) is 2.47. The maximum Gasteiger partial charge on any atom is 0.335 e. The Balaban J connectivity index is 1.56. The van der Waals surface area contributed by atoms with Gasteiger partial charge in [0, 0.05) is 12.2 Å². The molecule has 0 radical (unpaired) electrons. The van der Waals surface area contributed by atoms with E-state index in [9.17, 15) is 4.79 Å². The summed E-state index contributed by atoms with van der Waals surface area (Å²) in [6, 6.07) is 15.0. The molecule has 4 heteroatoms. The Morgan fingerprint density at radius 3 is 2.68 bits per heavy atom. The highest BCUT2D eigenvalue weighted by atomic mass is 16.5. The van der Waals surface area contributed by atoms with Gasteiger partial charge in [0.25, 0.3) is 0 Å². The third-order valence-electron chi connectivity index (χ3n) is 3.94. The highest BCUT2D eigenvalue weighted by Gasteiger charge is 2.15. The Kier molecular flexibility index (Phi) is 4.28. The molecule has 0 amide bonds. The van der Waals surface area contributed by atoms with Crippen molar-refractivity contribution in [2.45, 2.75) is 12.8 Å². The van der Waals surface area contributed by atoms with Gasteiger partial charge in [-0.05, 0) is 48.7 Å². The van der Waals surface area contributed by atoms with Gasteiger partial charge < -0.3 is 14.7 Å². The number of carbonyl (C=O) groups is 1. The smallest absolute Gasteiger partial charge is 0.335 e. The van der Waals surface area contributed by atoms with Gasteiger partial charge in [-0.25, -0.2) is 4.79 Å². The molecule has 0 atom stereocenters. The number of carboxylic acids is 1. The highest BCUT2D eigenvalue weighted by molar-refractivity contribution is 5.87. The quantitative estimate of drug-likeness (QED) is 0.920. The van der Waals surface area contributed by atoms with Gasteiger partial charge in [-0.2, -0.15) is 0 Å². The minimum absolute atomic E-state index is 0.275. The van der Waals surface area contributed by atoms with E-state index in [1.807, 2.05) is 0 Å². The molecule has 114 valence electrons. The molecule has 2 aromatic rings. The van der Waals surface area contributed by atoms with Crippen LogP contribution in [0.15, 0.2) is 48.5 Å². The van der Waals surface area contributed by atoms with Crippen molar-refractivity contribution in [2.24, 2.45) is 0 Å². The predicted octanol–water partition coefficient (Wildman–Crippen LogP) is 3.22. The predicted molar refractivity (Wildman–Crippen MR) is 85.9 cm³/mol. The molecule has 0 aliphatic carbocycles. The summed E-state index contributed by atoms with van der Waals surface area (Å²) in [4.78, 5) is 13.2. The Bertz CT molecular complexity index is 652. The van der Waals surface area contributed by atoms with Crippen molar-refractivity contribution in [1.82, 2.24) is 0 Å². The summed E-state index contributed by atoms with van der Waals surface area (Å²) < 4.78 is 5.72. The standard InChI is InChI=1S/C18H19NO3/c20-18(21)15-7-9-16(10-8-15)22-13-12-19-11-3-5-14-4-1-2-6-17(14)19/h1-2,4,6-10H,3,5,11-13H2,(H,20,21). The normalized spacial score (nSPS) is 13.5. The van der Waals surface area contributed by atoms with E-state index >= 15 is 0 Å². The lowest BCUT2D eigenvalue weighted by Crippen LogP contribution is -2.33. The second kappa shape index (κ2) is 6.52. The van der Waals surface area contributed by atoms with Crippen molar-refractivity contribution in [3.8, 4) is 5.75 Å². The summed E-state index contributed by atoms with van der Waals surface area (Å²) in [7, 11) is 0. The highest BCUT2D eigenvalue weighted by Crippen LogP contribution is 2.26. The summed E-state index contributed by atoms with van der Waals surface area (Å²) in [6.07, 6.45) is 2.31. The van der Waals surface area contributed by atoms with Gasteiger partial charge in [0.1, 0.15) is 12.4 Å². The van der Waals surface area contributed by atoms with E-state index < -0.39 is 5.97 Å². The van der Waals surface area contributed by atoms with Crippen LogP contribution in [-0.2, 0) is 6.42 Å². The topological polar surface area (TPSA) is 49.8 Å². The minimum Gasteiger partial charge on any atom is -0.492 e. The monoisotopic (exact) mass is 297 g/mol. The van der Waals surface area contributed by atoms with Gasteiger partial charge >= 0.3 is 5.97 Å². The number of benzene rings is 2. The Hall–Kier alpha value is -2.49. The van der Waals surface area contributed by atoms with Crippen LogP contribution >= 0.6 is 0 Å². The molecule has 0 fully saturated rings. The third-order valence-corrected chi connectivity index (χ3v) is 3.94. The summed E-state index contributed by atoms with van der Waals surface area (Å²) in [5.41, 5.74) is 2.98. The lowest BCUT2D eigenvalue weighted by molar-refractivity contribution is 0.0697. The number of aromatic carboxylic acids is 1.